The first-order valence-corrected chi connectivity index (χ1v) is 5.37. The number of alkyl halides is 1. The van der Waals surface area contributed by atoms with Gasteiger partial charge >= 0.3 is 0 Å². The zero-order chi connectivity index (χ0) is 9.00. The molecule has 3 atom stereocenters. The molecular formula is C10H9Cl2N. The normalized spacial score (nSPS) is 35.1. The largest absolute Gasteiger partial charge is 0.241 e. The van der Waals surface area contributed by atoms with E-state index >= 15 is 0 Å². The maximum absolute atomic E-state index is 6.22. The fourth-order valence-electron chi connectivity index (χ4n) is 2.63. The molecule has 1 aromatic rings. The van der Waals surface area contributed by atoms with Crippen LogP contribution in [0.15, 0.2) is 12.1 Å². The summed E-state index contributed by atoms with van der Waals surface area (Å²) in [4.78, 5) is 4.38. The van der Waals surface area contributed by atoms with Crippen molar-refractivity contribution in [1.82, 2.24) is 4.98 Å². The molecule has 0 aliphatic heterocycles. The Labute approximate surface area is 87.1 Å². The fourth-order valence-corrected chi connectivity index (χ4v) is 3.24. The maximum atomic E-state index is 6.22. The summed E-state index contributed by atoms with van der Waals surface area (Å²) < 4.78 is 0. The van der Waals surface area contributed by atoms with Crippen molar-refractivity contribution in [2.24, 2.45) is 0 Å². The number of halogens is 2. The Morgan fingerprint density at radius 2 is 2.15 bits per heavy atom. The number of nitrogens with zero attached hydrogens (tertiary/aromatic N) is 1. The molecule has 0 saturated heterocycles. The molecular weight excluding hydrogens is 205 g/mol. The molecule has 13 heavy (non-hydrogen) atoms. The fraction of sp³-hybridized carbons (Fsp3) is 0.500. The van der Waals surface area contributed by atoms with Crippen LogP contribution in [-0.4, -0.2) is 10.4 Å². The molecule has 1 aromatic heterocycles. The number of hydrogen-bond acceptors (Lipinski definition) is 1. The number of fused-ring (bicyclic) bond motifs is 5. The van der Waals surface area contributed by atoms with Crippen LogP contribution < -0.4 is 0 Å². The van der Waals surface area contributed by atoms with Crippen molar-refractivity contribution in [2.75, 3.05) is 0 Å². The van der Waals surface area contributed by atoms with Gasteiger partial charge in [-0.05, 0) is 24.5 Å². The molecule has 0 spiro atoms. The molecule has 3 heteroatoms. The third-order valence-electron chi connectivity index (χ3n) is 3.19. The number of pyridine rings is 1. The predicted molar refractivity (Wildman–Crippen MR) is 53.6 cm³/mol. The highest BCUT2D eigenvalue weighted by molar-refractivity contribution is 6.29. The van der Waals surface area contributed by atoms with Crippen molar-refractivity contribution in [3.63, 3.8) is 0 Å². The van der Waals surface area contributed by atoms with Gasteiger partial charge < -0.3 is 0 Å². The van der Waals surface area contributed by atoms with Gasteiger partial charge in [0.05, 0.1) is 0 Å². The van der Waals surface area contributed by atoms with Crippen LogP contribution in [0.4, 0.5) is 0 Å². The SMILES string of the molecule is Clc1ccc2c(n1)[C@@H]1C[C@@H](Cl)[C@H]2C1. The summed E-state index contributed by atoms with van der Waals surface area (Å²) >= 11 is 12.1. The number of hydrogen-bond donors (Lipinski definition) is 0. The first kappa shape index (κ1) is 8.07. The summed E-state index contributed by atoms with van der Waals surface area (Å²) in [6.45, 7) is 0. The van der Waals surface area contributed by atoms with Gasteiger partial charge in [-0.1, -0.05) is 17.7 Å². The van der Waals surface area contributed by atoms with Gasteiger partial charge in [-0.15, -0.1) is 11.6 Å². The Morgan fingerprint density at radius 3 is 3.00 bits per heavy atom. The third kappa shape index (κ3) is 1.04. The average molecular weight is 214 g/mol. The van der Waals surface area contributed by atoms with E-state index in [9.17, 15) is 0 Å². The minimum Gasteiger partial charge on any atom is -0.241 e. The second kappa shape index (κ2) is 2.61. The van der Waals surface area contributed by atoms with Crippen LogP contribution >= 0.6 is 23.2 Å². The minimum atomic E-state index is 0.320. The summed E-state index contributed by atoms with van der Waals surface area (Å²) in [5.41, 5.74) is 2.54. The van der Waals surface area contributed by atoms with Gasteiger partial charge in [0.15, 0.2) is 0 Å². The van der Waals surface area contributed by atoms with E-state index in [2.05, 4.69) is 11.1 Å². The van der Waals surface area contributed by atoms with Gasteiger partial charge in [0.2, 0.25) is 0 Å². The van der Waals surface area contributed by atoms with Crippen LogP contribution in [-0.2, 0) is 0 Å². The van der Waals surface area contributed by atoms with Gasteiger partial charge in [0, 0.05) is 22.9 Å². The lowest BCUT2D eigenvalue weighted by atomic mass is 9.96. The van der Waals surface area contributed by atoms with E-state index in [1.807, 2.05) is 6.07 Å². The van der Waals surface area contributed by atoms with Crippen molar-refractivity contribution in [1.29, 1.82) is 0 Å². The topological polar surface area (TPSA) is 12.9 Å². The highest BCUT2D eigenvalue weighted by Gasteiger charge is 2.43. The van der Waals surface area contributed by atoms with Crippen LogP contribution in [0.2, 0.25) is 5.15 Å². The second-order valence-electron chi connectivity index (χ2n) is 3.90. The van der Waals surface area contributed by atoms with E-state index in [1.54, 1.807) is 0 Å². The molecule has 1 saturated carbocycles. The Morgan fingerprint density at radius 1 is 1.31 bits per heavy atom. The molecule has 0 aromatic carbocycles. The van der Waals surface area contributed by atoms with Gasteiger partial charge in [-0.25, -0.2) is 4.98 Å². The zero-order valence-electron chi connectivity index (χ0n) is 7.00. The Balaban J connectivity index is 2.16. The Hall–Kier alpha value is -0.270. The number of aromatic nitrogens is 1. The molecule has 0 N–H and O–H groups in total. The summed E-state index contributed by atoms with van der Waals surface area (Å²) in [5.74, 6) is 1.10. The molecule has 1 heterocycles. The van der Waals surface area contributed by atoms with Crippen LogP contribution in [0.1, 0.15) is 35.9 Å². The lowest BCUT2D eigenvalue weighted by Gasteiger charge is -2.18. The molecule has 2 aliphatic carbocycles. The quantitative estimate of drug-likeness (QED) is 0.476. The molecule has 0 radical (unpaired) electrons. The van der Waals surface area contributed by atoms with Gasteiger partial charge in [0.25, 0.3) is 0 Å². The van der Waals surface area contributed by atoms with E-state index in [4.69, 9.17) is 23.2 Å². The van der Waals surface area contributed by atoms with Crippen molar-refractivity contribution in [2.45, 2.75) is 30.1 Å². The molecule has 3 rings (SSSR count). The average Bonchev–Trinajstić information content (AvgIpc) is 2.61. The molecule has 0 amide bonds. The molecule has 68 valence electrons. The Kier molecular flexibility index (Phi) is 1.62. The van der Waals surface area contributed by atoms with Gasteiger partial charge in [-0.2, -0.15) is 0 Å². The van der Waals surface area contributed by atoms with Gasteiger partial charge in [-0.3, -0.25) is 0 Å². The Bertz CT molecular complexity index is 364. The van der Waals surface area contributed by atoms with Crippen LogP contribution in [0.3, 0.4) is 0 Å². The first-order chi connectivity index (χ1) is 6.25. The highest BCUT2D eigenvalue weighted by Crippen LogP contribution is 2.54. The zero-order valence-corrected chi connectivity index (χ0v) is 8.52. The number of rotatable bonds is 0. The highest BCUT2D eigenvalue weighted by atomic mass is 35.5. The standard InChI is InChI=1S/C10H9Cl2N/c11-8-4-5-3-7(8)6-1-2-9(12)13-10(5)6/h1-2,5,7-8H,3-4H2/t5-,7-,8+/m0/s1. The van der Waals surface area contributed by atoms with Crippen molar-refractivity contribution >= 4 is 23.2 Å². The van der Waals surface area contributed by atoms with Crippen LogP contribution in [0.25, 0.3) is 0 Å². The molecule has 1 nitrogen and oxygen atoms in total. The summed E-state index contributed by atoms with van der Waals surface area (Å²) in [7, 11) is 0. The van der Waals surface area contributed by atoms with Crippen molar-refractivity contribution in [3.05, 3.63) is 28.5 Å². The monoisotopic (exact) mass is 213 g/mol. The van der Waals surface area contributed by atoms with Crippen LogP contribution in [0.5, 0.6) is 0 Å². The van der Waals surface area contributed by atoms with Crippen molar-refractivity contribution < 1.29 is 0 Å². The third-order valence-corrected chi connectivity index (χ3v) is 3.89. The summed E-state index contributed by atoms with van der Waals surface area (Å²) in [6, 6.07) is 3.95. The smallest absolute Gasteiger partial charge is 0.129 e. The second-order valence-corrected chi connectivity index (χ2v) is 4.85. The minimum absolute atomic E-state index is 0.320. The van der Waals surface area contributed by atoms with Crippen molar-refractivity contribution in [3.8, 4) is 0 Å². The summed E-state index contributed by atoms with van der Waals surface area (Å²) in [5, 5.41) is 0.929. The van der Waals surface area contributed by atoms with E-state index in [1.165, 1.54) is 17.7 Å². The molecule has 0 unspecified atom stereocenters. The maximum Gasteiger partial charge on any atom is 0.129 e. The van der Waals surface area contributed by atoms with E-state index in [0.717, 1.165) is 6.42 Å². The first-order valence-electron chi connectivity index (χ1n) is 4.56. The molecule has 2 aliphatic rings. The lowest BCUT2D eigenvalue weighted by Crippen LogP contribution is -2.10. The molecule has 1 fully saturated rings. The lowest BCUT2D eigenvalue weighted by molar-refractivity contribution is 0.704. The summed E-state index contributed by atoms with van der Waals surface area (Å²) in [6.07, 6.45) is 2.25. The molecule has 2 bridgehead atoms. The van der Waals surface area contributed by atoms with Crippen LogP contribution in [0, 0.1) is 0 Å². The predicted octanol–water partition coefficient (Wildman–Crippen LogP) is 3.32. The van der Waals surface area contributed by atoms with E-state index in [-0.39, 0.29) is 0 Å². The van der Waals surface area contributed by atoms with E-state index < -0.39 is 0 Å². The van der Waals surface area contributed by atoms with E-state index in [0.29, 0.717) is 22.4 Å². The van der Waals surface area contributed by atoms with Gasteiger partial charge in [0.1, 0.15) is 5.15 Å².